The van der Waals surface area contributed by atoms with Crippen molar-refractivity contribution in [2.45, 2.75) is 76.0 Å². The van der Waals surface area contributed by atoms with Crippen molar-refractivity contribution in [2.24, 2.45) is 4.99 Å². The fourth-order valence-electron chi connectivity index (χ4n) is 3.17. The number of sulfonamides is 1. The summed E-state index contributed by atoms with van der Waals surface area (Å²) in [5, 5.41) is 9.29. The van der Waals surface area contributed by atoms with Crippen molar-refractivity contribution in [1.29, 1.82) is 0 Å². The van der Waals surface area contributed by atoms with E-state index in [4.69, 9.17) is 0 Å². The van der Waals surface area contributed by atoms with E-state index in [0.717, 1.165) is 18.5 Å². The van der Waals surface area contributed by atoms with Crippen LogP contribution in [0.15, 0.2) is 58.4 Å². The van der Waals surface area contributed by atoms with Gasteiger partial charge >= 0.3 is 0 Å². The number of unbranched alkanes of at least 4 members (excludes halogenated alkanes) is 9. The van der Waals surface area contributed by atoms with Gasteiger partial charge in [-0.25, -0.2) is 8.42 Å². The van der Waals surface area contributed by atoms with Gasteiger partial charge in [-0.1, -0.05) is 58.3 Å². The molecule has 0 fully saturated rings. The minimum atomic E-state index is -3.67. The van der Waals surface area contributed by atoms with Crippen LogP contribution in [0, 0.1) is 0 Å². The predicted molar refractivity (Wildman–Crippen MR) is 125 cm³/mol. The van der Waals surface area contributed by atoms with Crippen LogP contribution in [-0.4, -0.2) is 19.7 Å². The number of aromatic hydroxyl groups is 1. The normalized spacial score (nSPS) is 11.8. The molecule has 0 saturated heterocycles. The molecule has 0 saturated carbocycles. The maximum absolute atomic E-state index is 12.4. The Labute approximate surface area is 181 Å². The van der Waals surface area contributed by atoms with Gasteiger partial charge in [-0.15, -0.1) is 0 Å². The summed E-state index contributed by atoms with van der Waals surface area (Å²) in [6, 6.07) is 12.4. The molecule has 0 aromatic heterocycles. The molecule has 6 heteroatoms. The molecule has 0 atom stereocenters. The van der Waals surface area contributed by atoms with Crippen molar-refractivity contribution in [3.63, 3.8) is 0 Å². The van der Waals surface area contributed by atoms with Gasteiger partial charge in [-0.3, -0.25) is 9.71 Å². The van der Waals surface area contributed by atoms with Gasteiger partial charge < -0.3 is 5.11 Å². The van der Waals surface area contributed by atoms with Gasteiger partial charge in [-0.2, -0.15) is 0 Å². The van der Waals surface area contributed by atoms with Gasteiger partial charge in [0.1, 0.15) is 5.75 Å². The van der Waals surface area contributed by atoms with Crippen molar-refractivity contribution in [1.82, 2.24) is 0 Å². The largest absolute Gasteiger partial charge is 0.508 e. The zero-order valence-electron chi connectivity index (χ0n) is 17.9. The van der Waals surface area contributed by atoms with Gasteiger partial charge in [0.15, 0.2) is 0 Å². The average molecular weight is 431 g/mol. The van der Waals surface area contributed by atoms with E-state index in [0.29, 0.717) is 5.69 Å². The van der Waals surface area contributed by atoms with Crippen LogP contribution in [0.3, 0.4) is 0 Å². The van der Waals surface area contributed by atoms with Crippen LogP contribution in [0.25, 0.3) is 0 Å². The van der Waals surface area contributed by atoms with Gasteiger partial charge in [0.05, 0.1) is 10.6 Å². The molecule has 164 valence electrons. The van der Waals surface area contributed by atoms with E-state index in [1.807, 2.05) is 6.21 Å². The Morgan fingerprint density at radius 2 is 1.40 bits per heavy atom. The lowest BCUT2D eigenvalue weighted by Gasteiger charge is -2.08. The number of rotatable bonds is 14. The van der Waals surface area contributed by atoms with Crippen LogP contribution >= 0.6 is 0 Å². The Morgan fingerprint density at radius 1 is 0.833 bits per heavy atom. The molecule has 0 amide bonds. The number of hydrogen-bond acceptors (Lipinski definition) is 4. The molecule has 0 bridgehead atoms. The van der Waals surface area contributed by atoms with E-state index in [-0.39, 0.29) is 10.6 Å². The third-order valence-electron chi connectivity index (χ3n) is 4.94. The fraction of sp³-hybridized carbons (Fsp3) is 0.458. The molecule has 5 nitrogen and oxygen atoms in total. The van der Waals surface area contributed by atoms with Crippen molar-refractivity contribution < 1.29 is 13.5 Å². The van der Waals surface area contributed by atoms with Crippen LogP contribution in [0.5, 0.6) is 5.75 Å². The standard InChI is InChI=1S/C24H34N2O3S/c1-2-3-4-5-6-7-8-9-10-11-20-25-21-14-18-24(19-15-21)30(28,29)26-22-12-16-23(27)17-13-22/h12-20,26-27H,2-11H2,1H3. The number of nitrogens with zero attached hydrogens (tertiary/aromatic N) is 1. The summed E-state index contributed by atoms with van der Waals surface area (Å²) in [7, 11) is -3.67. The van der Waals surface area contributed by atoms with Crippen LogP contribution in [0.2, 0.25) is 0 Å². The molecule has 2 N–H and O–H groups in total. The molecule has 0 unspecified atom stereocenters. The van der Waals surface area contributed by atoms with Crippen molar-refractivity contribution >= 4 is 27.6 Å². The first-order chi connectivity index (χ1) is 14.5. The van der Waals surface area contributed by atoms with Crippen molar-refractivity contribution in [2.75, 3.05) is 4.72 Å². The highest BCUT2D eigenvalue weighted by Gasteiger charge is 2.13. The Balaban J connectivity index is 1.70. The molecular formula is C24H34N2O3S. The summed E-state index contributed by atoms with van der Waals surface area (Å²) in [6.45, 7) is 2.24. The molecule has 0 aliphatic heterocycles. The molecule has 0 heterocycles. The van der Waals surface area contributed by atoms with Crippen LogP contribution in [-0.2, 0) is 10.0 Å². The maximum atomic E-state index is 12.4. The number of nitrogens with one attached hydrogen (secondary N) is 1. The first kappa shape index (κ1) is 23.9. The van der Waals surface area contributed by atoms with Crippen LogP contribution in [0.1, 0.15) is 71.1 Å². The molecule has 2 aromatic rings. The molecule has 2 rings (SSSR count). The second-order valence-corrected chi connectivity index (χ2v) is 9.26. The summed E-state index contributed by atoms with van der Waals surface area (Å²) in [4.78, 5) is 4.60. The summed E-state index contributed by atoms with van der Waals surface area (Å²) >= 11 is 0. The quantitative estimate of drug-likeness (QED) is 0.196. The van der Waals surface area contributed by atoms with Gasteiger partial charge in [0.25, 0.3) is 10.0 Å². The van der Waals surface area contributed by atoms with Gasteiger partial charge in [-0.05, 0) is 61.4 Å². The van der Waals surface area contributed by atoms with Gasteiger partial charge in [0, 0.05) is 11.9 Å². The molecule has 0 aliphatic carbocycles. The predicted octanol–water partition coefficient (Wildman–Crippen LogP) is 6.82. The van der Waals surface area contributed by atoms with E-state index in [1.54, 1.807) is 24.3 Å². The van der Waals surface area contributed by atoms with E-state index < -0.39 is 10.0 Å². The lowest BCUT2D eigenvalue weighted by Crippen LogP contribution is -2.12. The number of anilines is 1. The van der Waals surface area contributed by atoms with Gasteiger partial charge in [0.2, 0.25) is 0 Å². The van der Waals surface area contributed by atoms with Crippen LogP contribution in [0.4, 0.5) is 11.4 Å². The van der Waals surface area contributed by atoms with E-state index in [2.05, 4.69) is 16.6 Å². The average Bonchev–Trinajstić information content (AvgIpc) is 2.74. The highest BCUT2D eigenvalue weighted by atomic mass is 32.2. The number of aliphatic imine (C=N–C) groups is 1. The molecule has 30 heavy (non-hydrogen) atoms. The first-order valence-corrected chi connectivity index (χ1v) is 12.4. The Hall–Kier alpha value is -2.34. The maximum Gasteiger partial charge on any atom is 0.261 e. The highest BCUT2D eigenvalue weighted by Crippen LogP contribution is 2.21. The summed E-state index contributed by atoms with van der Waals surface area (Å²) in [5.74, 6) is 0.0857. The third-order valence-corrected chi connectivity index (χ3v) is 6.34. The summed E-state index contributed by atoms with van der Waals surface area (Å²) < 4.78 is 27.4. The molecule has 0 aliphatic rings. The number of benzene rings is 2. The minimum absolute atomic E-state index is 0.0857. The summed E-state index contributed by atoms with van der Waals surface area (Å²) in [5.41, 5.74) is 1.14. The van der Waals surface area contributed by atoms with Crippen molar-refractivity contribution in [3.05, 3.63) is 48.5 Å². The Bertz CT molecular complexity index is 860. The van der Waals surface area contributed by atoms with E-state index >= 15 is 0 Å². The van der Waals surface area contributed by atoms with Crippen molar-refractivity contribution in [3.8, 4) is 5.75 Å². The number of phenolic OH excluding ortho intramolecular Hbond substituents is 1. The van der Waals surface area contributed by atoms with E-state index in [9.17, 15) is 13.5 Å². The van der Waals surface area contributed by atoms with E-state index in [1.165, 1.54) is 75.6 Å². The Kier molecular flexibility index (Phi) is 10.4. The second kappa shape index (κ2) is 13.1. The lowest BCUT2D eigenvalue weighted by molar-refractivity contribution is 0.475. The summed E-state index contributed by atoms with van der Waals surface area (Å²) in [6.07, 6.45) is 14.6. The SMILES string of the molecule is CCCCCCCCCCCC=Nc1ccc(S(=O)(=O)Nc2ccc(O)cc2)cc1. The smallest absolute Gasteiger partial charge is 0.261 e. The fourth-order valence-corrected chi connectivity index (χ4v) is 4.23. The molecule has 0 radical (unpaired) electrons. The monoisotopic (exact) mass is 430 g/mol. The second-order valence-electron chi connectivity index (χ2n) is 7.58. The number of hydrogen-bond donors (Lipinski definition) is 2. The minimum Gasteiger partial charge on any atom is -0.508 e. The topological polar surface area (TPSA) is 78.8 Å². The highest BCUT2D eigenvalue weighted by molar-refractivity contribution is 7.92. The zero-order chi connectivity index (χ0) is 21.7. The third kappa shape index (κ3) is 8.99. The Morgan fingerprint density at radius 3 is 2.00 bits per heavy atom. The molecule has 2 aromatic carbocycles. The van der Waals surface area contributed by atoms with Crippen LogP contribution < -0.4 is 4.72 Å². The lowest BCUT2D eigenvalue weighted by atomic mass is 10.1. The molecule has 0 spiro atoms. The number of phenols is 1. The molecular weight excluding hydrogens is 396 g/mol. The zero-order valence-corrected chi connectivity index (χ0v) is 18.7. The first-order valence-electron chi connectivity index (χ1n) is 11.0.